The van der Waals surface area contributed by atoms with Crippen LogP contribution in [0.2, 0.25) is 0 Å². The van der Waals surface area contributed by atoms with Gasteiger partial charge in [-0.2, -0.15) is 0 Å². The van der Waals surface area contributed by atoms with Crippen LogP contribution in [0.1, 0.15) is 23.7 Å². The first kappa shape index (κ1) is 17.1. The second-order valence-corrected chi connectivity index (χ2v) is 6.54. The van der Waals surface area contributed by atoms with E-state index in [0.29, 0.717) is 17.5 Å². The number of benzene rings is 2. The van der Waals surface area contributed by atoms with Gasteiger partial charge in [-0.3, -0.25) is 9.59 Å². The summed E-state index contributed by atoms with van der Waals surface area (Å²) in [5, 5.41) is 9.24. The molecule has 1 aliphatic rings. The quantitative estimate of drug-likeness (QED) is 0.925. The molecule has 130 valence electrons. The van der Waals surface area contributed by atoms with E-state index in [4.69, 9.17) is 0 Å². The lowest BCUT2D eigenvalue weighted by molar-refractivity contribution is -0.147. The third-order valence-electron chi connectivity index (χ3n) is 4.65. The van der Waals surface area contributed by atoms with E-state index in [1.807, 2.05) is 0 Å². The van der Waals surface area contributed by atoms with Crippen LogP contribution in [0.5, 0.6) is 0 Å². The van der Waals surface area contributed by atoms with E-state index in [1.54, 1.807) is 13.0 Å². The largest absolute Gasteiger partial charge is 0.481 e. The summed E-state index contributed by atoms with van der Waals surface area (Å²) in [5.41, 5.74) is 0.0745. The van der Waals surface area contributed by atoms with Crippen molar-refractivity contribution in [1.82, 2.24) is 4.90 Å². The van der Waals surface area contributed by atoms with Gasteiger partial charge >= 0.3 is 5.97 Å². The predicted octanol–water partition coefficient (Wildman–Crippen LogP) is 3.57. The molecule has 1 aliphatic heterocycles. The highest BCUT2D eigenvalue weighted by Crippen LogP contribution is 2.32. The molecule has 3 rings (SSSR count). The zero-order valence-corrected chi connectivity index (χ0v) is 13.6. The van der Waals surface area contributed by atoms with Gasteiger partial charge in [-0.15, -0.1) is 0 Å². The summed E-state index contributed by atoms with van der Waals surface area (Å²) in [5.74, 6) is -2.55. The molecule has 1 unspecified atom stereocenters. The molecule has 4 nitrogen and oxygen atoms in total. The summed E-state index contributed by atoms with van der Waals surface area (Å²) in [4.78, 5) is 25.2. The molecular weight excluding hydrogens is 328 g/mol. The molecule has 2 aromatic rings. The number of carboxylic acids is 1. The number of hydrogen-bond acceptors (Lipinski definition) is 2. The highest BCUT2D eigenvalue weighted by molar-refractivity contribution is 5.95. The maximum absolute atomic E-state index is 14.4. The van der Waals surface area contributed by atoms with Crippen molar-refractivity contribution in [2.75, 3.05) is 13.1 Å². The Bertz CT molecular complexity index is 835. The minimum atomic E-state index is -1.000. The Morgan fingerprint density at radius 1 is 1.08 bits per heavy atom. The molecule has 0 bridgehead atoms. The lowest BCUT2D eigenvalue weighted by Crippen LogP contribution is -2.35. The molecular formula is C19H17F2NO3. The first-order valence-electron chi connectivity index (χ1n) is 7.88. The summed E-state index contributed by atoms with van der Waals surface area (Å²) in [6.07, 6.45) is 0.337. The number of carboxylic acid groups (broad SMARTS) is 1. The molecule has 25 heavy (non-hydrogen) atoms. The van der Waals surface area contributed by atoms with E-state index in [9.17, 15) is 23.5 Å². The molecule has 1 heterocycles. The van der Waals surface area contributed by atoms with Crippen molar-refractivity contribution in [2.45, 2.75) is 13.3 Å². The standard InChI is InChI=1S/C19H17F2NO3/c1-19(18(24)25)8-9-22(11-19)17(23)15-7-4-13(10-16(15)21)12-2-5-14(20)6-3-12/h2-7,10H,8-9,11H2,1H3,(H,24,25). The fraction of sp³-hybridized carbons (Fsp3) is 0.263. The maximum Gasteiger partial charge on any atom is 0.311 e. The van der Waals surface area contributed by atoms with Gasteiger partial charge in [-0.1, -0.05) is 18.2 Å². The molecule has 1 fully saturated rings. The van der Waals surface area contributed by atoms with Crippen molar-refractivity contribution < 1.29 is 23.5 Å². The van der Waals surface area contributed by atoms with Crippen molar-refractivity contribution in [1.29, 1.82) is 0 Å². The van der Waals surface area contributed by atoms with Gasteiger partial charge in [0.25, 0.3) is 5.91 Å². The van der Waals surface area contributed by atoms with Crippen LogP contribution >= 0.6 is 0 Å². The Kier molecular flexibility index (Phi) is 4.29. The first-order valence-corrected chi connectivity index (χ1v) is 7.88. The van der Waals surface area contributed by atoms with Crippen LogP contribution in [0.15, 0.2) is 42.5 Å². The van der Waals surface area contributed by atoms with E-state index in [2.05, 4.69) is 0 Å². The lowest BCUT2D eigenvalue weighted by atomic mass is 9.90. The van der Waals surface area contributed by atoms with E-state index < -0.39 is 23.1 Å². The zero-order chi connectivity index (χ0) is 18.2. The number of amides is 1. The van der Waals surface area contributed by atoms with Crippen LogP contribution in [0.4, 0.5) is 8.78 Å². The summed E-state index contributed by atoms with van der Waals surface area (Å²) >= 11 is 0. The van der Waals surface area contributed by atoms with Crippen LogP contribution in [0.3, 0.4) is 0 Å². The molecule has 1 N–H and O–H groups in total. The number of rotatable bonds is 3. The number of nitrogens with zero attached hydrogens (tertiary/aromatic N) is 1. The third-order valence-corrected chi connectivity index (χ3v) is 4.65. The van der Waals surface area contributed by atoms with Gasteiger partial charge in [0.1, 0.15) is 11.6 Å². The Labute approximate surface area is 143 Å². The summed E-state index contributed by atoms with van der Waals surface area (Å²) < 4.78 is 27.4. The molecule has 0 spiro atoms. The van der Waals surface area contributed by atoms with Gasteiger partial charge in [0.05, 0.1) is 11.0 Å². The molecule has 0 aliphatic carbocycles. The maximum atomic E-state index is 14.4. The molecule has 0 aromatic heterocycles. The highest BCUT2D eigenvalue weighted by atomic mass is 19.1. The Balaban J connectivity index is 1.83. The molecule has 6 heteroatoms. The van der Waals surface area contributed by atoms with Crippen molar-refractivity contribution in [2.24, 2.45) is 5.41 Å². The van der Waals surface area contributed by atoms with Crippen molar-refractivity contribution >= 4 is 11.9 Å². The van der Waals surface area contributed by atoms with E-state index in [1.165, 1.54) is 41.3 Å². The SMILES string of the molecule is CC1(C(=O)O)CCN(C(=O)c2ccc(-c3ccc(F)cc3)cc2F)C1. The average molecular weight is 345 g/mol. The second kappa shape index (κ2) is 6.27. The Morgan fingerprint density at radius 3 is 2.28 bits per heavy atom. The van der Waals surface area contributed by atoms with Gasteiger partial charge in [0, 0.05) is 13.1 Å². The van der Waals surface area contributed by atoms with Crippen LogP contribution in [0, 0.1) is 17.0 Å². The number of carbonyl (C=O) groups is 2. The topological polar surface area (TPSA) is 57.6 Å². The molecule has 1 saturated heterocycles. The van der Waals surface area contributed by atoms with Gasteiger partial charge < -0.3 is 10.0 Å². The number of hydrogen-bond donors (Lipinski definition) is 1. The second-order valence-electron chi connectivity index (χ2n) is 6.54. The van der Waals surface area contributed by atoms with Crippen LogP contribution in [0.25, 0.3) is 11.1 Å². The molecule has 1 atom stereocenters. The van der Waals surface area contributed by atoms with Gasteiger partial charge in [0.2, 0.25) is 0 Å². The van der Waals surface area contributed by atoms with Crippen molar-refractivity contribution in [3.63, 3.8) is 0 Å². The normalized spacial score (nSPS) is 19.9. The van der Waals surface area contributed by atoms with E-state index in [0.717, 1.165) is 0 Å². The Morgan fingerprint density at radius 2 is 1.72 bits per heavy atom. The lowest BCUT2D eigenvalue weighted by Gasteiger charge is -2.20. The van der Waals surface area contributed by atoms with E-state index >= 15 is 0 Å². The fourth-order valence-corrected chi connectivity index (χ4v) is 2.99. The molecule has 0 saturated carbocycles. The Hall–Kier alpha value is -2.76. The van der Waals surface area contributed by atoms with Crippen LogP contribution in [-0.2, 0) is 4.79 Å². The number of aliphatic carboxylic acids is 1. The van der Waals surface area contributed by atoms with Crippen LogP contribution < -0.4 is 0 Å². The van der Waals surface area contributed by atoms with Crippen molar-refractivity contribution in [3.8, 4) is 11.1 Å². The number of likely N-dealkylation sites (tertiary alicyclic amines) is 1. The predicted molar refractivity (Wildman–Crippen MR) is 88.1 cm³/mol. The third kappa shape index (κ3) is 3.24. The molecule has 1 amide bonds. The van der Waals surface area contributed by atoms with Gasteiger partial charge in [-0.25, -0.2) is 8.78 Å². The number of carbonyl (C=O) groups excluding carboxylic acids is 1. The smallest absolute Gasteiger partial charge is 0.311 e. The van der Waals surface area contributed by atoms with Crippen LogP contribution in [-0.4, -0.2) is 35.0 Å². The first-order chi connectivity index (χ1) is 11.8. The van der Waals surface area contributed by atoms with E-state index in [-0.39, 0.29) is 24.5 Å². The molecule has 0 radical (unpaired) electrons. The minimum absolute atomic E-state index is 0.0559. The fourth-order valence-electron chi connectivity index (χ4n) is 2.99. The van der Waals surface area contributed by atoms with Crippen molar-refractivity contribution in [3.05, 3.63) is 59.7 Å². The highest BCUT2D eigenvalue weighted by Gasteiger charge is 2.42. The summed E-state index contributed by atoms with van der Waals surface area (Å²) in [7, 11) is 0. The van der Waals surface area contributed by atoms with Gasteiger partial charge in [0.15, 0.2) is 0 Å². The summed E-state index contributed by atoms with van der Waals surface area (Å²) in [6, 6.07) is 9.83. The average Bonchev–Trinajstić information content (AvgIpc) is 2.99. The van der Waals surface area contributed by atoms with Gasteiger partial charge in [-0.05, 0) is 48.7 Å². The number of halogens is 2. The molecule has 2 aromatic carbocycles. The monoisotopic (exact) mass is 345 g/mol. The minimum Gasteiger partial charge on any atom is -0.481 e. The zero-order valence-electron chi connectivity index (χ0n) is 13.6. The summed E-state index contributed by atoms with van der Waals surface area (Å²) in [6.45, 7) is 1.91.